The topological polar surface area (TPSA) is 66.5 Å². The van der Waals surface area contributed by atoms with Crippen LogP contribution in [0.15, 0.2) is 12.3 Å². The van der Waals surface area contributed by atoms with Gasteiger partial charge in [0.2, 0.25) is 5.13 Å². The minimum atomic E-state index is 0.164. The molecule has 0 unspecified atom stereocenters. The van der Waals surface area contributed by atoms with Crippen molar-refractivity contribution in [3.05, 3.63) is 23.8 Å². The van der Waals surface area contributed by atoms with Crippen molar-refractivity contribution in [1.29, 1.82) is 0 Å². The fraction of sp³-hybridized carbons (Fsp3) is 0.545. The van der Waals surface area contributed by atoms with Crippen LogP contribution in [0.2, 0.25) is 0 Å². The first-order valence-corrected chi connectivity index (χ1v) is 6.51. The van der Waals surface area contributed by atoms with Crippen molar-refractivity contribution in [3.63, 3.8) is 0 Å². The largest absolute Gasteiger partial charge is 0.352 e. The van der Waals surface area contributed by atoms with Gasteiger partial charge in [-0.3, -0.25) is 5.10 Å². The number of nitrogens with zero attached hydrogens (tertiary/aromatic N) is 3. The summed E-state index contributed by atoms with van der Waals surface area (Å²) in [5, 5.41) is 11.0. The van der Waals surface area contributed by atoms with Crippen LogP contribution in [-0.2, 0) is 6.42 Å². The maximum atomic E-state index is 4.46. The molecule has 17 heavy (non-hydrogen) atoms. The number of hydrogen-bond donors (Lipinski definition) is 2. The molecule has 0 saturated carbocycles. The maximum absolute atomic E-state index is 4.46. The monoisotopic (exact) mass is 251 g/mol. The Balaban J connectivity index is 1.97. The molecule has 2 aromatic heterocycles. The van der Waals surface area contributed by atoms with Gasteiger partial charge in [0, 0.05) is 24.2 Å². The molecule has 6 heteroatoms. The highest BCUT2D eigenvalue weighted by Gasteiger charge is 2.10. The van der Waals surface area contributed by atoms with Gasteiger partial charge in [-0.05, 0) is 18.9 Å². The summed E-state index contributed by atoms with van der Waals surface area (Å²) in [6, 6.07) is 2.12. The molecule has 2 rings (SSSR count). The van der Waals surface area contributed by atoms with Crippen LogP contribution in [0.4, 0.5) is 5.13 Å². The Morgan fingerprint density at radius 2 is 2.24 bits per heavy atom. The second-order valence-corrected chi connectivity index (χ2v) is 5.24. The van der Waals surface area contributed by atoms with E-state index < -0.39 is 0 Å². The Hall–Kier alpha value is -1.43. The van der Waals surface area contributed by atoms with Crippen molar-refractivity contribution in [2.75, 3.05) is 5.32 Å². The third-order valence-corrected chi connectivity index (χ3v) is 3.07. The lowest BCUT2D eigenvalue weighted by atomic mass is 10.1. The van der Waals surface area contributed by atoms with Crippen LogP contribution >= 0.6 is 11.5 Å². The Morgan fingerprint density at radius 3 is 2.88 bits per heavy atom. The highest BCUT2D eigenvalue weighted by atomic mass is 32.1. The molecular weight excluding hydrogens is 234 g/mol. The molecule has 2 aromatic rings. The van der Waals surface area contributed by atoms with Crippen LogP contribution in [0, 0.1) is 5.92 Å². The van der Waals surface area contributed by atoms with E-state index in [-0.39, 0.29) is 6.04 Å². The van der Waals surface area contributed by atoms with Crippen LogP contribution in [0.3, 0.4) is 0 Å². The van der Waals surface area contributed by atoms with Gasteiger partial charge in [0.05, 0.1) is 11.7 Å². The molecule has 0 aliphatic heterocycles. The van der Waals surface area contributed by atoms with Gasteiger partial charge in [0.15, 0.2) is 0 Å². The highest BCUT2D eigenvalue weighted by molar-refractivity contribution is 7.09. The van der Waals surface area contributed by atoms with Crippen LogP contribution in [0.5, 0.6) is 0 Å². The molecule has 2 heterocycles. The van der Waals surface area contributed by atoms with Gasteiger partial charge in [0.1, 0.15) is 5.82 Å². The van der Waals surface area contributed by atoms with E-state index in [1.807, 2.05) is 6.07 Å². The second-order valence-electron chi connectivity index (χ2n) is 4.49. The Labute approximate surface area is 105 Å². The summed E-state index contributed by atoms with van der Waals surface area (Å²) in [6.07, 6.45) is 2.68. The molecular formula is C11H17N5S. The SMILES string of the molecule is CC(C)Cc1nsc(N[C@@H](C)c2ccn[nH]2)n1. The molecule has 0 fully saturated rings. The van der Waals surface area contributed by atoms with Gasteiger partial charge in [-0.1, -0.05) is 13.8 Å². The third kappa shape index (κ3) is 3.26. The number of nitrogens with one attached hydrogen (secondary N) is 2. The van der Waals surface area contributed by atoms with Gasteiger partial charge in [-0.2, -0.15) is 9.47 Å². The Bertz CT molecular complexity index is 448. The van der Waals surface area contributed by atoms with E-state index in [1.54, 1.807) is 6.20 Å². The zero-order valence-electron chi connectivity index (χ0n) is 10.3. The molecule has 0 aliphatic rings. The lowest BCUT2D eigenvalue weighted by Gasteiger charge is -2.09. The normalized spacial score (nSPS) is 12.9. The average molecular weight is 251 g/mol. The lowest BCUT2D eigenvalue weighted by molar-refractivity contribution is 0.627. The van der Waals surface area contributed by atoms with E-state index in [1.165, 1.54) is 11.5 Å². The average Bonchev–Trinajstić information content (AvgIpc) is 2.87. The second kappa shape index (κ2) is 5.27. The molecule has 0 spiro atoms. The number of anilines is 1. The van der Waals surface area contributed by atoms with Gasteiger partial charge in [-0.25, -0.2) is 4.98 Å². The summed E-state index contributed by atoms with van der Waals surface area (Å²) in [5.41, 5.74) is 1.05. The zero-order chi connectivity index (χ0) is 12.3. The van der Waals surface area contributed by atoms with Crippen molar-refractivity contribution in [2.24, 2.45) is 5.92 Å². The van der Waals surface area contributed by atoms with E-state index in [2.05, 4.69) is 45.6 Å². The predicted molar refractivity (Wildman–Crippen MR) is 69.1 cm³/mol. The number of hydrogen-bond acceptors (Lipinski definition) is 5. The summed E-state index contributed by atoms with van der Waals surface area (Å²) in [7, 11) is 0. The number of H-pyrrole nitrogens is 1. The summed E-state index contributed by atoms with van der Waals surface area (Å²) in [5.74, 6) is 1.51. The van der Waals surface area contributed by atoms with E-state index in [9.17, 15) is 0 Å². The fourth-order valence-corrected chi connectivity index (χ4v) is 2.21. The summed E-state index contributed by atoms with van der Waals surface area (Å²) >= 11 is 1.41. The Morgan fingerprint density at radius 1 is 1.41 bits per heavy atom. The standard InChI is InChI=1S/C11H17N5S/c1-7(2)6-10-14-11(17-16-10)13-8(3)9-4-5-12-15-9/h4-5,7-8H,6H2,1-3H3,(H,12,15)(H,13,14,16)/t8-/m0/s1. The highest BCUT2D eigenvalue weighted by Crippen LogP contribution is 2.19. The fourth-order valence-electron chi connectivity index (χ4n) is 1.53. The van der Waals surface area contributed by atoms with Crippen molar-refractivity contribution in [2.45, 2.75) is 33.2 Å². The Kier molecular flexibility index (Phi) is 3.73. The molecule has 92 valence electrons. The smallest absolute Gasteiger partial charge is 0.203 e. The third-order valence-electron chi connectivity index (χ3n) is 2.39. The molecule has 0 radical (unpaired) electrons. The van der Waals surface area contributed by atoms with Gasteiger partial charge < -0.3 is 5.32 Å². The van der Waals surface area contributed by atoms with Crippen molar-refractivity contribution in [3.8, 4) is 0 Å². The molecule has 0 aromatic carbocycles. The van der Waals surface area contributed by atoms with Crippen molar-refractivity contribution >= 4 is 16.7 Å². The first-order chi connectivity index (χ1) is 8.15. The number of rotatable bonds is 5. The van der Waals surface area contributed by atoms with Crippen molar-refractivity contribution in [1.82, 2.24) is 19.6 Å². The summed E-state index contributed by atoms with van der Waals surface area (Å²) < 4.78 is 4.33. The van der Waals surface area contributed by atoms with Crippen LogP contribution in [0.25, 0.3) is 0 Å². The molecule has 0 bridgehead atoms. The summed E-state index contributed by atoms with van der Waals surface area (Å²) in [4.78, 5) is 4.46. The lowest BCUT2D eigenvalue weighted by Crippen LogP contribution is -2.07. The maximum Gasteiger partial charge on any atom is 0.203 e. The number of aromatic amines is 1. The molecule has 0 amide bonds. The molecule has 0 saturated heterocycles. The van der Waals surface area contributed by atoms with Crippen LogP contribution < -0.4 is 5.32 Å². The van der Waals surface area contributed by atoms with Gasteiger partial charge in [-0.15, -0.1) is 0 Å². The molecule has 2 N–H and O–H groups in total. The quantitative estimate of drug-likeness (QED) is 0.857. The zero-order valence-corrected chi connectivity index (χ0v) is 11.1. The molecule has 5 nitrogen and oxygen atoms in total. The minimum absolute atomic E-state index is 0.164. The van der Waals surface area contributed by atoms with Crippen LogP contribution in [0.1, 0.15) is 38.3 Å². The van der Waals surface area contributed by atoms with Crippen molar-refractivity contribution < 1.29 is 0 Å². The van der Waals surface area contributed by atoms with Gasteiger partial charge >= 0.3 is 0 Å². The first-order valence-electron chi connectivity index (χ1n) is 5.73. The number of aromatic nitrogens is 4. The minimum Gasteiger partial charge on any atom is -0.352 e. The van der Waals surface area contributed by atoms with Gasteiger partial charge in [0.25, 0.3) is 0 Å². The molecule has 0 aliphatic carbocycles. The van der Waals surface area contributed by atoms with E-state index >= 15 is 0 Å². The predicted octanol–water partition coefficient (Wildman–Crippen LogP) is 2.63. The first kappa shape index (κ1) is 12.0. The van der Waals surface area contributed by atoms with Crippen LogP contribution in [-0.4, -0.2) is 19.6 Å². The van der Waals surface area contributed by atoms with E-state index in [4.69, 9.17) is 0 Å². The van der Waals surface area contributed by atoms with E-state index in [0.29, 0.717) is 5.92 Å². The molecule has 1 atom stereocenters. The van der Waals surface area contributed by atoms with E-state index in [0.717, 1.165) is 23.1 Å². The summed E-state index contributed by atoms with van der Waals surface area (Å²) in [6.45, 7) is 6.40.